The van der Waals surface area contributed by atoms with Crippen molar-refractivity contribution in [2.24, 2.45) is 0 Å². The van der Waals surface area contributed by atoms with E-state index in [1.165, 1.54) is 0 Å². The van der Waals surface area contributed by atoms with Gasteiger partial charge >= 0.3 is 0 Å². The van der Waals surface area contributed by atoms with Crippen LogP contribution in [0.15, 0.2) is 53.5 Å². The van der Waals surface area contributed by atoms with E-state index < -0.39 is 0 Å². The second-order valence-electron chi connectivity index (χ2n) is 7.84. The summed E-state index contributed by atoms with van der Waals surface area (Å²) in [6.07, 6.45) is 4.01. The Morgan fingerprint density at radius 1 is 1.10 bits per heavy atom. The molecule has 2 heterocycles. The number of pyridine rings is 1. The van der Waals surface area contributed by atoms with Crippen molar-refractivity contribution < 1.29 is 9.59 Å². The first-order valence-electron chi connectivity index (χ1n) is 10.4. The van der Waals surface area contributed by atoms with Crippen LogP contribution in [0.3, 0.4) is 0 Å². The molecule has 31 heavy (non-hydrogen) atoms. The van der Waals surface area contributed by atoms with Gasteiger partial charge in [-0.3, -0.25) is 14.4 Å². The van der Waals surface area contributed by atoms with Crippen molar-refractivity contribution in [3.8, 4) is 0 Å². The second kappa shape index (κ2) is 8.94. The van der Waals surface area contributed by atoms with Crippen LogP contribution in [-0.2, 0) is 11.3 Å². The highest BCUT2D eigenvalue weighted by molar-refractivity contribution is 6.31. The molecule has 4 rings (SSSR count). The van der Waals surface area contributed by atoms with Crippen molar-refractivity contribution in [1.82, 2.24) is 9.47 Å². The Bertz CT molecular complexity index is 1220. The number of aromatic nitrogens is 1. The fourth-order valence-electron chi connectivity index (χ4n) is 3.90. The van der Waals surface area contributed by atoms with Crippen molar-refractivity contribution in [1.29, 1.82) is 0 Å². The molecule has 0 radical (unpaired) electrons. The summed E-state index contributed by atoms with van der Waals surface area (Å²) in [4.78, 5) is 39.2. The molecule has 2 amide bonds. The van der Waals surface area contributed by atoms with Crippen LogP contribution in [0.1, 0.15) is 35.2 Å². The summed E-state index contributed by atoms with van der Waals surface area (Å²) >= 11 is 6.14. The van der Waals surface area contributed by atoms with E-state index in [1.807, 2.05) is 17.9 Å². The molecule has 0 bridgehead atoms. The van der Waals surface area contributed by atoms with Crippen LogP contribution in [0.25, 0.3) is 10.8 Å². The monoisotopic (exact) mass is 437 g/mol. The predicted molar refractivity (Wildman–Crippen MR) is 123 cm³/mol. The highest BCUT2D eigenvalue weighted by atomic mass is 35.5. The molecule has 1 aliphatic rings. The lowest BCUT2D eigenvalue weighted by atomic mass is 10.1. The van der Waals surface area contributed by atoms with Gasteiger partial charge in [0, 0.05) is 59.3 Å². The Labute approximate surface area is 185 Å². The number of aryl methyl sites for hydroxylation is 2. The highest BCUT2D eigenvalue weighted by Gasteiger charge is 2.19. The zero-order chi connectivity index (χ0) is 22.0. The highest BCUT2D eigenvalue weighted by Crippen LogP contribution is 2.23. The molecule has 1 N–H and O–H groups in total. The van der Waals surface area contributed by atoms with Crippen molar-refractivity contribution in [3.05, 3.63) is 75.2 Å². The van der Waals surface area contributed by atoms with Gasteiger partial charge in [0.1, 0.15) is 0 Å². The van der Waals surface area contributed by atoms with Crippen LogP contribution < -0.4 is 10.9 Å². The smallest absolute Gasteiger partial charge is 0.258 e. The normalized spacial score (nSPS) is 13.7. The molecule has 1 aliphatic heterocycles. The Hall–Kier alpha value is -3.12. The molecule has 0 atom stereocenters. The van der Waals surface area contributed by atoms with Gasteiger partial charge in [-0.1, -0.05) is 23.7 Å². The van der Waals surface area contributed by atoms with E-state index in [0.717, 1.165) is 24.9 Å². The van der Waals surface area contributed by atoms with Gasteiger partial charge in [-0.25, -0.2) is 0 Å². The number of amides is 2. The SMILES string of the molecule is Cc1ccc(C(=O)Nc2cccc3c(=O)n(CCCN4CCCC4=O)ccc23)cc1Cl. The number of halogens is 1. The van der Waals surface area contributed by atoms with E-state index in [9.17, 15) is 14.4 Å². The van der Waals surface area contributed by atoms with E-state index >= 15 is 0 Å². The molecule has 0 saturated carbocycles. The van der Waals surface area contributed by atoms with Crippen molar-refractivity contribution >= 4 is 39.9 Å². The van der Waals surface area contributed by atoms with Crippen LogP contribution in [0.2, 0.25) is 5.02 Å². The molecule has 0 unspecified atom stereocenters. The van der Waals surface area contributed by atoms with Crippen LogP contribution in [0, 0.1) is 6.92 Å². The van der Waals surface area contributed by atoms with Gasteiger partial charge in [-0.2, -0.15) is 0 Å². The maximum absolute atomic E-state index is 13.0. The number of likely N-dealkylation sites (tertiary alicyclic amines) is 1. The molecule has 0 aliphatic carbocycles. The van der Waals surface area contributed by atoms with E-state index in [-0.39, 0.29) is 17.4 Å². The third kappa shape index (κ3) is 4.49. The van der Waals surface area contributed by atoms with Crippen molar-refractivity contribution in [2.75, 3.05) is 18.4 Å². The average molecular weight is 438 g/mol. The molecule has 1 saturated heterocycles. The van der Waals surface area contributed by atoms with Gasteiger partial charge in [-0.15, -0.1) is 0 Å². The molecular formula is C24H24ClN3O3. The van der Waals surface area contributed by atoms with Crippen LogP contribution in [0.5, 0.6) is 0 Å². The molecule has 160 valence electrons. The van der Waals surface area contributed by atoms with Gasteiger partial charge in [-0.05, 0) is 55.7 Å². The maximum Gasteiger partial charge on any atom is 0.258 e. The Morgan fingerprint density at radius 2 is 1.94 bits per heavy atom. The molecule has 6 nitrogen and oxygen atoms in total. The molecule has 7 heteroatoms. The van der Waals surface area contributed by atoms with Crippen LogP contribution >= 0.6 is 11.6 Å². The summed E-state index contributed by atoms with van der Waals surface area (Å²) in [6.45, 7) is 3.89. The zero-order valence-corrected chi connectivity index (χ0v) is 18.1. The van der Waals surface area contributed by atoms with Gasteiger partial charge in [0.15, 0.2) is 0 Å². The number of nitrogens with one attached hydrogen (secondary N) is 1. The lowest BCUT2D eigenvalue weighted by Gasteiger charge is -2.16. The first-order chi connectivity index (χ1) is 14.9. The number of hydrogen-bond acceptors (Lipinski definition) is 3. The lowest BCUT2D eigenvalue weighted by Crippen LogP contribution is -2.28. The van der Waals surface area contributed by atoms with E-state index in [4.69, 9.17) is 11.6 Å². The number of nitrogens with zero attached hydrogens (tertiary/aromatic N) is 2. The van der Waals surface area contributed by atoms with Gasteiger partial charge in [0.2, 0.25) is 5.91 Å². The molecule has 1 fully saturated rings. The number of rotatable bonds is 6. The molecule has 0 spiro atoms. The fourth-order valence-corrected chi connectivity index (χ4v) is 4.08. The largest absolute Gasteiger partial charge is 0.343 e. The van der Waals surface area contributed by atoms with E-state index in [1.54, 1.807) is 47.2 Å². The molecule has 2 aromatic carbocycles. The maximum atomic E-state index is 13.0. The van der Waals surface area contributed by atoms with Gasteiger partial charge < -0.3 is 14.8 Å². The van der Waals surface area contributed by atoms with Crippen molar-refractivity contribution in [2.45, 2.75) is 32.7 Å². The van der Waals surface area contributed by atoms with Crippen molar-refractivity contribution in [3.63, 3.8) is 0 Å². The Morgan fingerprint density at radius 3 is 2.68 bits per heavy atom. The summed E-state index contributed by atoms with van der Waals surface area (Å²) in [5.74, 6) is -0.0880. The second-order valence-corrected chi connectivity index (χ2v) is 8.24. The lowest BCUT2D eigenvalue weighted by molar-refractivity contribution is -0.127. The molecule has 1 aromatic heterocycles. The number of carbonyl (C=O) groups is 2. The van der Waals surface area contributed by atoms with E-state index in [2.05, 4.69) is 5.32 Å². The summed E-state index contributed by atoms with van der Waals surface area (Å²) in [6, 6.07) is 12.3. The predicted octanol–water partition coefficient (Wildman–Crippen LogP) is 4.23. The Kier molecular flexibility index (Phi) is 6.09. The summed E-state index contributed by atoms with van der Waals surface area (Å²) in [5, 5.41) is 4.65. The van der Waals surface area contributed by atoms with Gasteiger partial charge in [0.05, 0.1) is 0 Å². The minimum Gasteiger partial charge on any atom is -0.343 e. The van der Waals surface area contributed by atoms with E-state index in [0.29, 0.717) is 46.6 Å². The average Bonchev–Trinajstić information content (AvgIpc) is 3.16. The number of fused-ring (bicyclic) bond motifs is 1. The zero-order valence-electron chi connectivity index (χ0n) is 17.4. The first kappa shape index (κ1) is 21.1. The summed E-state index contributed by atoms with van der Waals surface area (Å²) in [5.41, 5.74) is 1.82. The molecule has 3 aromatic rings. The minimum atomic E-state index is -0.283. The van der Waals surface area contributed by atoms with Crippen LogP contribution in [0.4, 0.5) is 5.69 Å². The summed E-state index contributed by atoms with van der Waals surface area (Å²) < 4.78 is 1.66. The standard InChI is InChI=1S/C24H24ClN3O3/c1-16-8-9-17(15-20(16)25)23(30)26-21-6-2-5-19-18(21)10-14-28(24(19)31)13-4-12-27-11-3-7-22(27)29/h2,5-6,8-10,14-15H,3-4,7,11-13H2,1H3,(H,26,30). The minimum absolute atomic E-state index is 0.111. The topological polar surface area (TPSA) is 71.4 Å². The quantitative estimate of drug-likeness (QED) is 0.627. The van der Waals surface area contributed by atoms with Crippen LogP contribution in [-0.4, -0.2) is 34.4 Å². The third-order valence-corrected chi connectivity index (χ3v) is 6.11. The molecular weight excluding hydrogens is 414 g/mol. The number of hydrogen-bond donors (Lipinski definition) is 1. The first-order valence-corrected chi connectivity index (χ1v) is 10.8. The number of benzene rings is 2. The Balaban J connectivity index is 1.52. The fraction of sp³-hybridized carbons (Fsp3) is 0.292. The summed E-state index contributed by atoms with van der Waals surface area (Å²) in [7, 11) is 0. The number of anilines is 1. The van der Waals surface area contributed by atoms with Gasteiger partial charge in [0.25, 0.3) is 11.5 Å². The number of carbonyl (C=O) groups excluding carboxylic acids is 2. The third-order valence-electron chi connectivity index (χ3n) is 5.70.